The lowest BCUT2D eigenvalue weighted by Crippen LogP contribution is -2.17. The molecule has 0 aliphatic carbocycles. The summed E-state index contributed by atoms with van der Waals surface area (Å²) in [6, 6.07) is 8.58. The van der Waals surface area contributed by atoms with Crippen LogP contribution in [0, 0.1) is 0 Å². The van der Waals surface area contributed by atoms with Gasteiger partial charge in [-0.3, -0.25) is 0 Å². The molecule has 0 amide bonds. The molecular formula is C14H15F2NO2. The minimum atomic E-state index is -2.80. The predicted molar refractivity (Wildman–Crippen MR) is 67.0 cm³/mol. The van der Waals surface area contributed by atoms with E-state index in [1.807, 2.05) is 19.1 Å². The number of furan rings is 1. The smallest absolute Gasteiger partial charge is 0.387 e. The molecule has 1 heterocycles. The van der Waals surface area contributed by atoms with Gasteiger partial charge in [-0.2, -0.15) is 8.78 Å². The van der Waals surface area contributed by atoms with E-state index in [0.29, 0.717) is 6.54 Å². The Morgan fingerprint density at radius 3 is 2.84 bits per heavy atom. The van der Waals surface area contributed by atoms with Gasteiger partial charge in [0.1, 0.15) is 5.75 Å². The summed E-state index contributed by atoms with van der Waals surface area (Å²) in [6.45, 7) is -0.191. The van der Waals surface area contributed by atoms with Crippen LogP contribution >= 0.6 is 0 Å². The first kappa shape index (κ1) is 13.5. The van der Waals surface area contributed by atoms with E-state index in [4.69, 9.17) is 4.42 Å². The molecule has 0 aliphatic rings. The van der Waals surface area contributed by atoms with Crippen molar-refractivity contribution < 1.29 is 17.9 Å². The summed E-state index contributed by atoms with van der Waals surface area (Å²) in [5.41, 5.74) is 1.92. The van der Waals surface area contributed by atoms with Crippen molar-refractivity contribution in [2.75, 3.05) is 0 Å². The molecule has 0 radical (unpaired) electrons. The molecule has 0 saturated carbocycles. The lowest BCUT2D eigenvalue weighted by molar-refractivity contribution is -0.0499. The highest BCUT2D eigenvalue weighted by atomic mass is 19.3. The van der Waals surface area contributed by atoms with Crippen molar-refractivity contribution in [3.63, 3.8) is 0 Å². The van der Waals surface area contributed by atoms with Crippen LogP contribution in [0.4, 0.5) is 8.78 Å². The van der Waals surface area contributed by atoms with Gasteiger partial charge in [0, 0.05) is 18.2 Å². The van der Waals surface area contributed by atoms with Crippen LogP contribution in [0.5, 0.6) is 5.75 Å². The van der Waals surface area contributed by atoms with Crippen molar-refractivity contribution in [3.05, 3.63) is 54.0 Å². The van der Waals surface area contributed by atoms with E-state index in [1.165, 1.54) is 6.07 Å². The average Bonchev–Trinajstić information content (AvgIpc) is 2.88. The molecule has 5 heteroatoms. The van der Waals surface area contributed by atoms with Crippen molar-refractivity contribution in [2.45, 2.75) is 26.1 Å². The lowest BCUT2D eigenvalue weighted by atomic mass is 10.1. The number of benzene rings is 1. The van der Waals surface area contributed by atoms with Crippen LogP contribution in [0.2, 0.25) is 0 Å². The highest BCUT2D eigenvalue weighted by Gasteiger charge is 2.09. The van der Waals surface area contributed by atoms with Gasteiger partial charge in [0.2, 0.25) is 0 Å². The van der Waals surface area contributed by atoms with Gasteiger partial charge in [0.05, 0.1) is 12.5 Å². The first-order valence-electron chi connectivity index (χ1n) is 5.94. The molecule has 0 fully saturated rings. The Bertz CT molecular complexity index is 500. The Morgan fingerprint density at radius 2 is 2.16 bits per heavy atom. The van der Waals surface area contributed by atoms with Gasteiger partial charge in [-0.05, 0) is 30.7 Å². The van der Waals surface area contributed by atoms with Gasteiger partial charge in [-0.15, -0.1) is 0 Å². The van der Waals surface area contributed by atoms with Crippen LogP contribution in [0.1, 0.15) is 24.1 Å². The fourth-order valence-electron chi connectivity index (χ4n) is 1.74. The van der Waals surface area contributed by atoms with Crippen molar-refractivity contribution in [1.29, 1.82) is 0 Å². The molecule has 2 aromatic rings. The highest BCUT2D eigenvalue weighted by molar-refractivity contribution is 5.30. The Balaban J connectivity index is 1.96. The van der Waals surface area contributed by atoms with Gasteiger partial charge in [0.25, 0.3) is 0 Å². The number of halogens is 2. The normalized spacial score (nSPS) is 12.6. The number of ether oxygens (including phenoxy) is 1. The van der Waals surface area contributed by atoms with Crippen LogP contribution in [0.3, 0.4) is 0 Å². The SMILES string of the molecule is CC(NCc1ccoc1)c1cccc(OC(F)F)c1. The van der Waals surface area contributed by atoms with Crippen molar-refractivity contribution in [1.82, 2.24) is 5.32 Å². The van der Waals surface area contributed by atoms with Gasteiger partial charge < -0.3 is 14.5 Å². The second kappa shape index (κ2) is 6.33. The maximum absolute atomic E-state index is 12.1. The van der Waals surface area contributed by atoms with Crippen LogP contribution in [0.25, 0.3) is 0 Å². The van der Waals surface area contributed by atoms with E-state index in [-0.39, 0.29) is 11.8 Å². The molecule has 0 spiro atoms. The number of alkyl halides is 2. The molecule has 1 atom stereocenters. The topological polar surface area (TPSA) is 34.4 Å². The van der Waals surface area contributed by atoms with Crippen molar-refractivity contribution >= 4 is 0 Å². The summed E-state index contributed by atoms with van der Waals surface area (Å²) in [7, 11) is 0. The molecule has 0 bridgehead atoms. The largest absolute Gasteiger partial charge is 0.472 e. The molecular weight excluding hydrogens is 252 g/mol. The van der Waals surface area contributed by atoms with E-state index < -0.39 is 6.61 Å². The first-order chi connectivity index (χ1) is 9.15. The standard InChI is InChI=1S/C14H15F2NO2/c1-10(17-8-11-5-6-18-9-11)12-3-2-4-13(7-12)19-14(15)16/h2-7,9-10,14,17H,8H2,1H3. The monoisotopic (exact) mass is 267 g/mol. The fraction of sp³-hybridized carbons (Fsp3) is 0.286. The molecule has 19 heavy (non-hydrogen) atoms. The summed E-state index contributed by atoms with van der Waals surface area (Å²) in [4.78, 5) is 0. The van der Waals surface area contributed by atoms with Gasteiger partial charge in [-0.1, -0.05) is 12.1 Å². The van der Waals surface area contributed by atoms with Gasteiger partial charge in [0.15, 0.2) is 0 Å². The van der Waals surface area contributed by atoms with Gasteiger partial charge in [-0.25, -0.2) is 0 Å². The Morgan fingerprint density at radius 1 is 1.32 bits per heavy atom. The zero-order valence-corrected chi connectivity index (χ0v) is 10.5. The third-order valence-corrected chi connectivity index (χ3v) is 2.78. The highest BCUT2D eigenvalue weighted by Crippen LogP contribution is 2.21. The molecule has 0 saturated heterocycles. The average molecular weight is 267 g/mol. The second-order valence-corrected chi connectivity index (χ2v) is 4.19. The number of hydrogen-bond acceptors (Lipinski definition) is 3. The molecule has 1 N–H and O–H groups in total. The quantitative estimate of drug-likeness (QED) is 0.866. The summed E-state index contributed by atoms with van der Waals surface area (Å²) in [5.74, 6) is 0.171. The maximum Gasteiger partial charge on any atom is 0.387 e. The molecule has 3 nitrogen and oxygen atoms in total. The maximum atomic E-state index is 12.1. The van der Waals surface area contributed by atoms with Crippen LogP contribution in [-0.4, -0.2) is 6.61 Å². The minimum Gasteiger partial charge on any atom is -0.472 e. The molecule has 102 valence electrons. The summed E-state index contributed by atoms with van der Waals surface area (Å²) in [6.07, 6.45) is 3.27. The van der Waals surface area contributed by atoms with Gasteiger partial charge >= 0.3 is 6.61 Å². The number of hydrogen-bond donors (Lipinski definition) is 1. The third-order valence-electron chi connectivity index (χ3n) is 2.78. The first-order valence-corrected chi connectivity index (χ1v) is 5.94. The van der Waals surface area contributed by atoms with E-state index in [9.17, 15) is 8.78 Å². The van der Waals surface area contributed by atoms with Crippen LogP contribution < -0.4 is 10.1 Å². The summed E-state index contributed by atoms with van der Waals surface area (Å²) < 4.78 is 33.6. The van der Waals surface area contributed by atoms with E-state index in [1.54, 1.807) is 24.7 Å². The Kier molecular flexibility index (Phi) is 4.52. The van der Waals surface area contributed by atoms with E-state index in [0.717, 1.165) is 11.1 Å². The minimum absolute atomic E-state index is 0.0242. The summed E-state index contributed by atoms with van der Waals surface area (Å²) in [5, 5.41) is 3.28. The fourth-order valence-corrected chi connectivity index (χ4v) is 1.74. The molecule has 1 aromatic heterocycles. The second-order valence-electron chi connectivity index (χ2n) is 4.19. The van der Waals surface area contributed by atoms with E-state index in [2.05, 4.69) is 10.1 Å². The molecule has 0 aliphatic heterocycles. The third kappa shape index (κ3) is 4.06. The van der Waals surface area contributed by atoms with Crippen molar-refractivity contribution in [2.24, 2.45) is 0 Å². The predicted octanol–water partition coefficient (Wildman–Crippen LogP) is 3.73. The Hall–Kier alpha value is -1.88. The summed E-state index contributed by atoms with van der Waals surface area (Å²) >= 11 is 0. The lowest BCUT2D eigenvalue weighted by Gasteiger charge is -2.15. The zero-order valence-electron chi connectivity index (χ0n) is 10.5. The van der Waals surface area contributed by atoms with Crippen LogP contribution in [-0.2, 0) is 6.54 Å². The number of nitrogens with one attached hydrogen (secondary N) is 1. The van der Waals surface area contributed by atoms with Crippen LogP contribution in [0.15, 0.2) is 47.3 Å². The van der Waals surface area contributed by atoms with Crippen molar-refractivity contribution in [3.8, 4) is 5.75 Å². The zero-order chi connectivity index (χ0) is 13.7. The number of rotatable bonds is 6. The van der Waals surface area contributed by atoms with E-state index >= 15 is 0 Å². The molecule has 1 unspecified atom stereocenters. The molecule has 1 aromatic carbocycles. The Labute approximate surface area is 110 Å². The molecule has 2 rings (SSSR count).